The second-order valence-corrected chi connectivity index (χ2v) is 10.0. The van der Waals surface area contributed by atoms with E-state index in [0.717, 1.165) is 11.3 Å². The lowest BCUT2D eigenvalue weighted by Gasteiger charge is -2.45. The van der Waals surface area contributed by atoms with Crippen molar-refractivity contribution in [2.75, 3.05) is 23.8 Å². The molecule has 9 nitrogen and oxygen atoms in total. The molecule has 210 valence electrons. The molecule has 3 atom stereocenters. The van der Waals surface area contributed by atoms with E-state index in [2.05, 4.69) is 12.2 Å². The number of phenolic OH excluding ortho intramolecular Hbond substituents is 1. The van der Waals surface area contributed by atoms with Gasteiger partial charge in [0.2, 0.25) is 5.91 Å². The summed E-state index contributed by atoms with van der Waals surface area (Å²) in [5, 5.41) is 33.5. The number of rotatable bonds is 10. The fourth-order valence-corrected chi connectivity index (χ4v) is 5.41. The Hall–Kier alpha value is -3.54. The van der Waals surface area contributed by atoms with Crippen molar-refractivity contribution in [1.82, 2.24) is 5.32 Å². The Morgan fingerprint density at radius 2 is 1.85 bits per heavy atom. The number of aliphatic hydroxyl groups excluding tert-OH is 1. The maximum absolute atomic E-state index is 12.3. The zero-order valence-corrected chi connectivity index (χ0v) is 23.7. The number of hydrogen-bond donors (Lipinski definition) is 4. The summed E-state index contributed by atoms with van der Waals surface area (Å²) < 4.78 is 5.02. The maximum Gasteiger partial charge on any atom is 0.322 e. The Morgan fingerprint density at radius 3 is 2.44 bits per heavy atom. The average molecular weight is 575 g/mol. The van der Waals surface area contributed by atoms with E-state index in [0.29, 0.717) is 11.5 Å². The zero-order valence-electron chi connectivity index (χ0n) is 22.0. The van der Waals surface area contributed by atoms with E-state index in [1.807, 2.05) is 65.9 Å². The van der Waals surface area contributed by atoms with Crippen LogP contribution < -0.4 is 15.0 Å². The summed E-state index contributed by atoms with van der Waals surface area (Å²) >= 11 is 3.12. The van der Waals surface area contributed by atoms with E-state index in [4.69, 9.17) is 14.9 Å². The number of β-lactam (4-membered cyclic amide) rings is 1. The van der Waals surface area contributed by atoms with Gasteiger partial charge in [0.1, 0.15) is 23.3 Å². The number of carbonyl (C=O) groups is 3. The van der Waals surface area contributed by atoms with Crippen LogP contribution >= 0.6 is 23.1 Å². The van der Waals surface area contributed by atoms with Crippen LogP contribution in [0.3, 0.4) is 0 Å². The molecule has 0 saturated carbocycles. The molecule has 1 saturated heterocycles. The first-order valence-corrected chi connectivity index (χ1v) is 14.4. The molecule has 4 rings (SSSR count). The minimum Gasteiger partial charge on any atom is -0.508 e. The molecule has 1 aromatic heterocycles. The number of ether oxygens (including phenoxy) is 1. The number of aliphatic carboxylic acids is 1. The smallest absolute Gasteiger partial charge is 0.322 e. The third-order valence-corrected chi connectivity index (χ3v) is 7.51. The van der Waals surface area contributed by atoms with Crippen LogP contribution in [-0.2, 0) is 14.4 Å². The number of para-hydroxylation sites is 1. The molecule has 1 fully saturated rings. The van der Waals surface area contributed by atoms with Crippen molar-refractivity contribution in [1.29, 1.82) is 0 Å². The molecule has 1 aliphatic rings. The summed E-state index contributed by atoms with van der Waals surface area (Å²) in [6.45, 7) is 5.32. The monoisotopic (exact) mass is 574 g/mol. The highest BCUT2D eigenvalue weighted by molar-refractivity contribution is 8.00. The predicted molar refractivity (Wildman–Crippen MR) is 155 cm³/mol. The van der Waals surface area contributed by atoms with Crippen molar-refractivity contribution < 1.29 is 34.4 Å². The first-order valence-electron chi connectivity index (χ1n) is 12.4. The van der Waals surface area contributed by atoms with Crippen molar-refractivity contribution >= 4 is 46.6 Å². The molecular weight excluding hydrogens is 540 g/mol. The zero-order chi connectivity index (χ0) is 28.8. The van der Waals surface area contributed by atoms with Gasteiger partial charge in [0, 0.05) is 17.5 Å². The first kappa shape index (κ1) is 31.7. The minimum atomic E-state index is -1.12. The molecule has 1 aliphatic heterocycles. The summed E-state index contributed by atoms with van der Waals surface area (Å²) in [5.74, 6) is -0.596. The first-order chi connectivity index (χ1) is 18.8. The standard InChI is InChI=1S/C16H17NO2S2.C10H11NO5.C2H6/c1-11-15(21-10-14(18)12-7-8-20-9-12)16(19)17(11)13-5-3-2-4-6-13;12-7-2-1-3-8(4-7)16-6-9(13)11-5-10(14)15;1-2/h2-9,11,14-15,18H,10H2,1H3;1-4,12H,5-6H2,(H,11,13)(H,14,15);1-2H3. The van der Waals surface area contributed by atoms with E-state index >= 15 is 0 Å². The molecule has 2 amide bonds. The van der Waals surface area contributed by atoms with Crippen molar-refractivity contribution in [3.05, 3.63) is 77.0 Å². The topological polar surface area (TPSA) is 136 Å². The highest BCUT2D eigenvalue weighted by Gasteiger charge is 2.45. The lowest BCUT2D eigenvalue weighted by molar-refractivity contribution is -0.138. The Balaban J connectivity index is 0.000000267. The van der Waals surface area contributed by atoms with E-state index < -0.39 is 24.5 Å². The number of thioether (sulfide) groups is 1. The van der Waals surface area contributed by atoms with E-state index in [-0.39, 0.29) is 29.6 Å². The summed E-state index contributed by atoms with van der Waals surface area (Å²) in [4.78, 5) is 35.3. The third-order valence-electron chi connectivity index (χ3n) is 5.35. The fourth-order valence-electron chi connectivity index (χ4n) is 3.46. The van der Waals surface area contributed by atoms with Gasteiger partial charge < -0.3 is 30.3 Å². The van der Waals surface area contributed by atoms with E-state index in [1.165, 1.54) is 12.1 Å². The Bertz CT molecular complexity index is 1180. The largest absolute Gasteiger partial charge is 0.508 e. The molecule has 4 N–H and O–H groups in total. The number of anilines is 1. The van der Waals surface area contributed by atoms with Gasteiger partial charge in [0.05, 0.1) is 12.1 Å². The number of thiophene rings is 1. The normalized spacial score (nSPS) is 16.4. The van der Waals surface area contributed by atoms with Gasteiger partial charge >= 0.3 is 5.97 Å². The number of benzene rings is 2. The molecular formula is C28H34N2O7S2. The van der Waals surface area contributed by atoms with Crippen LogP contribution in [0.2, 0.25) is 0 Å². The summed E-state index contributed by atoms with van der Waals surface area (Å²) in [6, 6.07) is 17.8. The Labute approximate surface area is 236 Å². The van der Waals surface area contributed by atoms with Crippen LogP contribution in [0.4, 0.5) is 5.69 Å². The van der Waals surface area contributed by atoms with Gasteiger partial charge in [-0.1, -0.05) is 38.1 Å². The fraction of sp³-hybridized carbons (Fsp3) is 0.321. The number of hydrogen-bond acceptors (Lipinski definition) is 8. The molecule has 11 heteroatoms. The van der Waals surface area contributed by atoms with Gasteiger partial charge in [-0.3, -0.25) is 14.4 Å². The molecule has 3 aromatic rings. The molecule has 2 aromatic carbocycles. The van der Waals surface area contributed by atoms with Crippen LogP contribution in [-0.4, -0.2) is 63.3 Å². The van der Waals surface area contributed by atoms with Gasteiger partial charge in [-0.15, -0.1) is 11.8 Å². The molecule has 3 unspecified atom stereocenters. The van der Waals surface area contributed by atoms with Crippen molar-refractivity contribution in [3.63, 3.8) is 0 Å². The number of nitrogens with zero attached hydrogens (tertiary/aromatic N) is 1. The van der Waals surface area contributed by atoms with Gasteiger partial charge in [-0.25, -0.2) is 0 Å². The highest BCUT2D eigenvalue weighted by Crippen LogP contribution is 2.36. The summed E-state index contributed by atoms with van der Waals surface area (Å²) in [7, 11) is 0. The average Bonchev–Trinajstić information content (AvgIpc) is 3.48. The molecule has 0 bridgehead atoms. The highest BCUT2D eigenvalue weighted by atomic mass is 32.2. The molecule has 0 aliphatic carbocycles. The molecule has 39 heavy (non-hydrogen) atoms. The lowest BCUT2D eigenvalue weighted by Crippen LogP contribution is -2.62. The van der Waals surface area contributed by atoms with Crippen molar-refractivity contribution in [2.24, 2.45) is 0 Å². The minimum absolute atomic E-state index is 0.0310. The van der Waals surface area contributed by atoms with Gasteiger partial charge in [0.25, 0.3) is 5.91 Å². The van der Waals surface area contributed by atoms with E-state index in [9.17, 15) is 19.5 Å². The van der Waals surface area contributed by atoms with Gasteiger partial charge in [-0.05, 0) is 53.6 Å². The number of nitrogens with one attached hydrogen (secondary N) is 1. The van der Waals surface area contributed by atoms with E-state index in [1.54, 1.807) is 35.2 Å². The van der Waals surface area contributed by atoms with Crippen LogP contribution in [0, 0.1) is 0 Å². The maximum atomic E-state index is 12.3. The number of carboxylic acid groups (broad SMARTS) is 1. The second kappa shape index (κ2) is 16.4. The molecule has 0 radical (unpaired) electrons. The Morgan fingerprint density at radius 1 is 1.13 bits per heavy atom. The lowest BCUT2D eigenvalue weighted by atomic mass is 10.0. The summed E-state index contributed by atoms with van der Waals surface area (Å²) in [6.07, 6.45) is -0.493. The number of aliphatic hydroxyl groups is 1. The van der Waals surface area contributed by atoms with Crippen LogP contribution in [0.25, 0.3) is 0 Å². The number of aromatic hydroxyl groups is 1. The quantitative estimate of drug-likeness (QED) is 0.263. The van der Waals surface area contributed by atoms with Gasteiger partial charge in [0.15, 0.2) is 6.61 Å². The number of amides is 2. The number of carboxylic acids is 1. The van der Waals surface area contributed by atoms with Gasteiger partial charge in [-0.2, -0.15) is 11.3 Å². The second-order valence-electron chi connectivity index (χ2n) is 8.07. The molecule has 2 heterocycles. The third kappa shape index (κ3) is 9.93. The molecule has 0 spiro atoms. The number of carbonyl (C=O) groups excluding carboxylic acids is 2. The number of phenols is 1. The predicted octanol–water partition coefficient (Wildman–Crippen LogP) is 4.32. The van der Waals surface area contributed by atoms with Crippen LogP contribution in [0.1, 0.15) is 32.4 Å². The van der Waals surface area contributed by atoms with Crippen molar-refractivity contribution in [2.45, 2.75) is 38.2 Å². The van der Waals surface area contributed by atoms with Crippen LogP contribution in [0.5, 0.6) is 11.5 Å². The SMILES string of the molecule is CC.CC1C(SCC(O)c2ccsc2)C(=O)N1c1ccccc1.O=C(O)CNC(=O)COc1cccc(O)c1. The Kier molecular flexibility index (Phi) is 13.3. The summed E-state index contributed by atoms with van der Waals surface area (Å²) in [5.41, 5.74) is 1.89. The van der Waals surface area contributed by atoms with Crippen LogP contribution in [0.15, 0.2) is 71.4 Å². The van der Waals surface area contributed by atoms with Crippen molar-refractivity contribution in [3.8, 4) is 11.5 Å².